The standard InChI is InChI=1S/C23H31ClN4O2/c24-20-11-21-14(8-22(29)27-21)7-19(20)23(30)26-16-9-17-5-6-18(10-16)28(17)12-13-1-3-15(25)4-2-13/h7,11,13,15-18H,1-6,8-10,12,25H2,(H,26,30)(H,27,29)/t13-,15-,16-,17+,18-. The van der Waals surface area contributed by atoms with Gasteiger partial charge in [0, 0.05) is 36.4 Å². The Balaban J connectivity index is 1.20. The zero-order valence-electron chi connectivity index (χ0n) is 17.3. The van der Waals surface area contributed by atoms with E-state index in [0.29, 0.717) is 35.1 Å². The highest BCUT2D eigenvalue weighted by atomic mass is 35.5. The summed E-state index contributed by atoms with van der Waals surface area (Å²) in [6.07, 6.45) is 9.63. The third kappa shape index (κ3) is 3.97. The smallest absolute Gasteiger partial charge is 0.253 e. The number of nitrogens with one attached hydrogen (secondary N) is 2. The van der Waals surface area contributed by atoms with E-state index in [1.54, 1.807) is 12.1 Å². The fraction of sp³-hybridized carbons (Fsp3) is 0.652. The number of rotatable bonds is 4. The van der Waals surface area contributed by atoms with E-state index >= 15 is 0 Å². The molecule has 4 N–H and O–H groups in total. The van der Waals surface area contributed by atoms with Crippen LogP contribution in [0.2, 0.25) is 5.02 Å². The minimum absolute atomic E-state index is 0.0532. The van der Waals surface area contributed by atoms with Gasteiger partial charge in [-0.3, -0.25) is 14.5 Å². The number of piperidine rings is 1. The third-order valence-corrected chi connectivity index (χ3v) is 7.96. The van der Waals surface area contributed by atoms with Gasteiger partial charge in [0.15, 0.2) is 0 Å². The molecule has 0 aromatic heterocycles. The first-order valence-corrected chi connectivity index (χ1v) is 11.8. The molecule has 0 radical (unpaired) electrons. The quantitative estimate of drug-likeness (QED) is 0.685. The Morgan fingerprint density at radius 3 is 2.53 bits per heavy atom. The molecule has 0 spiro atoms. The van der Waals surface area contributed by atoms with Crippen molar-refractivity contribution in [2.45, 2.75) is 82.0 Å². The lowest BCUT2D eigenvalue weighted by Crippen LogP contribution is -2.51. The van der Waals surface area contributed by atoms with Crippen LogP contribution in [0.1, 0.15) is 67.3 Å². The van der Waals surface area contributed by atoms with Gasteiger partial charge in [0.25, 0.3) is 5.91 Å². The fourth-order valence-electron chi connectivity index (χ4n) is 6.04. The van der Waals surface area contributed by atoms with E-state index in [4.69, 9.17) is 17.3 Å². The van der Waals surface area contributed by atoms with E-state index < -0.39 is 0 Å². The number of halogens is 1. The zero-order chi connectivity index (χ0) is 20.8. The highest BCUT2D eigenvalue weighted by molar-refractivity contribution is 6.34. The van der Waals surface area contributed by atoms with Crippen LogP contribution in [-0.2, 0) is 11.2 Å². The summed E-state index contributed by atoms with van der Waals surface area (Å²) in [5.74, 6) is 0.601. The molecule has 2 saturated heterocycles. The molecule has 5 rings (SSSR count). The van der Waals surface area contributed by atoms with Crippen molar-refractivity contribution in [2.75, 3.05) is 11.9 Å². The topological polar surface area (TPSA) is 87.5 Å². The van der Waals surface area contributed by atoms with Gasteiger partial charge in [-0.15, -0.1) is 0 Å². The van der Waals surface area contributed by atoms with Crippen LogP contribution in [0.3, 0.4) is 0 Å². The summed E-state index contributed by atoms with van der Waals surface area (Å²) in [6, 6.07) is 5.19. The Hall–Kier alpha value is -1.63. The second kappa shape index (κ2) is 8.13. The van der Waals surface area contributed by atoms with Crippen molar-refractivity contribution in [2.24, 2.45) is 11.7 Å². The molecular weight excluding hydrogens is 400 g/mol. The second-order valence-electron chi connectivity index (χ2n) is 9.72. The Bertz CT molecular complexity index is 838. The first-order valence-electron chi connectivity index (χ1n) is 11.4. The maximum Gasteiger partial charge on any atom is 0.253 e. The number of hydrogen-bond acceptors (Lipinski definition) is 4. The number of hydrogen-bond donors (Lipinski definition) is 3. The molecule has 3 fully saturated rings. The lowest BCUT2D eigenvalue weighted by atomic mass is 9.85. The number of benzene rings is 1. The molecule has 162 valence electrons. The van der Waals surface area contributed by atoms with Crippen LogP contribution in [0.25, 0.3) is 0 Å². The van der Waals surface area contributed by atoms with Gasteiger partial charge in [-0.25, -0.2) is 0 Å². The normalized spacial score (nSPS) is 33.3. The summed E-state index contributed by atoms with van der Waals surface area (Å²) in [6.45, 7) is 1.19. The number of nitrogens with two attached hydrogens (primary N) is 1. The van der Waals surface area contributed by atoms with Crippen LogP contribution in [0, 0.1) is 5.92 Å². The highest BCUT2D eigenvalue weighted by Crippen LogP contribution is 2.38. The molecule has 3 heterocycles. The molecule has 7 heteroatoms. The van der Waals surface area contributed by atoms with Crippen LogP contribution >= 0.6 is 11.6 Å². The molecular formula is C23H31ClN4O2. The summed E-state index contributed by atoms with van der Waals surface area (Å²) in [7, 11) is 0. The van der Waals surface area contributed by atoms with Crippen LogP contribution in [0.5, 0.6) is 0 Å². The van der Waals surface area contributed by atoms with Crippen LogP contribution in [-0.4, -0.2) is 47.4 Å². The number of amides is 2. The molecule has 0 unspecified atom stereocenters. The van der Waals surface area contributed by atoms with Gasteiger partial charge >= 0.3 is 0 Å². The first-order chi connectivity index (χ1) is 14.5. The molecule has 3 atom stereocenters. The molecule has 1 aromatic carbocycles. The van der Waals surface area contributed by atoms with Crippen molar-refractivity contribution in [1.29, 1.82) is 0 Å². The molecule has 2 amide bonds. The maximum atomic E-state index is 13.0. The van der Waals surface area contributed by atoms with E-state index in [1.807, 2.05) is 0 Å². The number of carbonyl (C=O) groups excluding carboxylic acids is 2. The summed E-state index contributed by atoms with van der Waals surface area (Å²) in [4.78, 5) is 27.3. The van der Waals surface area contributed by atoms with Crippen molar-refractivity contribution < 1.29 is 9.59 Å². The predicted molar refractivity (Wildman–Crippen MR) is 118 cm³/mol. The minimum Gasteiger partial charge on any atom is -0.349 e. The minimum atomic E-state index is -0.124. The average molecular weight is 431 g/mol. The van der Waals surface area contributed by atoms with Gasteiger partial charge in [-0.2, -0.15) is 0 Å². The van der Waals surface area contributed by atoms with Crippen molar-refractivity contribution in [3.8, 4) is 0 Å². The van der Waals surface area contributed by atoms with Gasteiger partial charge < -0.3 is 16.4 Å². The van der Waals surface area contributed by atoms with Gasteiger partial charge in [0.2, 0.25) is 5.91 Å². The zero-order valence-corrected chi connectivity index (χ0v) is 18.1. The van der Waals surface area contributed by atoms with E-state index in [0.717, 1.165) is 42.9 Å². The Morgan fingerprint density at radius 1 is 1.13 bits per heavy atom. The van der Waals surface area contributed by atoms with E-state index in [2.05, 4.69) is 15.5 Å². The van der Waals surface area contributed by atoms with Crippen molar-refractivity contribution in [1.82, 2.24) is 10.2 Å². The molecule has 6 nitrogen and oxygen atoms in total. The lowest BCUT2D eigenvalue weighted by molar-refractivity contribution is -0.115. The summed E-state index contributed by atoms with van der Waals surface area (Å²) in [5.41, 5.74) is 8.11. The van der Waals surface area contributed by atoms with Gasteiger partial charge in [0.1, 0.15) is 0 Å². The number of carbonyl (C=O) groups is 2. The fourth-order valence-corrected chi connectivity index (χ4v) is 6.29. The van der Waals surface area contributed by atoms with E-state index in [9.17, 15) is 9.59 Å². The molecule has 3 aliphatic heterocycles. The molecule has 1 aliphatic carbocycles. The second-order valence-corrected chi connectivity index (χ2v) is 10.1. The molecule has 1 aromatic rings. The number of anilines is 1. The van der Waals surface area contributed by atoms with Gasteiger partial charge in [-0.05, 0) is 75.0 Å². The summed E-state index contributed by atoms with van der Waals surface area (Å²) >= 11 is 6.35. The summed E-state index contributed by atoms with van der Waals surface area (Å²) in [5, 5.41) is 6.41. The lowest BCUT2D eigenvalue weighted by Gasteiger charge is -2.42. The van der Waals surface area contributed by atoms with Crippen molar-refractivity contribution >= 4 is 29.1 Å². The molecule has 30 heavy (non-hydrogen) atoms. The molecule has 2 bridgehead atoms. The molecule has 4 aliphatic rings. The SMILES string of the molecule is N[C@H]1CC[C@H](CN2[C@@H]3CC[C@H]2C[C@@H](NC(=O)c2cc4c(cc2Cl)NC(=O)C4)C3)CC1. The van der Waals surface area contributed by atoms with E-state index in [-0.39, 0.29) is 17.9 Å². The Kier molecular flexibility index (Phi) is 5.50. The molecule has 1 saturated carbocycles. The largest absolute Gasteiger partial charge is 0.349 e. The van der Waals surface area contributed by atoms with E-state index in [1.165, 1.54) is 32.2 Å². The van der Waals surface area contributed by atoms with Gasteiger partial charge in [-0.1, -0.05) is 11.6 Å². The van der Waals surface area contributed by atoms with Crippen LogP contribution in [0.4, 0.5) is 5.69 Å². The summed E-state index contributed by atoms with van der Waals surface area (Å²) < 4.78 is 0. The van der Waals surface area contributed by atoms with Gasteiger partial charge in [0.05, 0.1) is 17.0 Å². The first kappa shape index (κ1) is 20.3. The maximum absolute atomic E-state index is 13.0. The Morgan fingerprint density at radius 2 is 1.83 bits per heavy atom. The van der Waals surface area contributed by atoms with Crippen LogP contribution in [0.15, 0.2) is 12.1 Å². The van der Waals surface area contributed by atoms with Crippen molar-refractivity contribution in [3.63, 3.8) is 0 Å². The average Bonchev–Trinajstić information content (AvgIpc) is 3.17. The van der Waals surface area contributed by atoms with Crippen LogP contribution < -0.4 is 16.4 Å². The number of nitrogens with zero attached hydrogens (tertiary/aromatic N) is 1. The number of fused-ring (bicyclic) bond motifs is 3. The Labute approximate surface area is 182 Å². The third-order valence-electron chi connectivity index (χ3n) is 7.64. The highest BCUT2D eigenvalue weighted by Gasteiger charge is 2.42. The predicted octanol–water partition coefficient (Wildman–Crippen LogP) is 3.08. The van der Waals surface area contributed by atoms with Crippen molar-refractivity contribution in [3.05, 3.63) is 28.3 Å². The monoisotopic (exact) mass is 430 g/mol.